The van der Waals surface area contributed by atoms with Gasteiger partial charge in [0.1, 0.15) is 0 Å². The first-order valence-electron chi connectivity index (χ1n) is 6.30. The molecular formula is C8H8F12MnO8P2. The minimum absolute atomic E-state index is 0. The number of hydrogen-bond donors (Lipinski definition) is 0. The van der Waals surface area contributed by atoms with Crippen molar-refractivity contribution in [1.29, 1.82) is 0 Å². The Morgan fingerprint density at radius 2 is 0.613 bits per heavy atom. The molecule has 189 valence electrons. The molecule has 0 aliphatic carbocycles. The van der Waals surface area contributed by atoms with E-state index in [4.69, 9.17) is 0 Å². The van der Waals surface area contributed by atoms with Gasteiger partial charge in [-0.25, -0.2) is 0 Å². The van der Waals surface area contributed by atoms with Gasteiger partial charge in [0.2, 0.25) is 0 Å². The summed E-state index contributed by atoms with van der Waals surface area (Å²) in [6.45, 7) is -8.92. The Morgan fingerprint density at radius 3 is 0.710 bits per heavy atom. The molecule has 0 aromatic heterocycles. The van der Waals surface area contributed by atoms with Crippen molar-refractivity contribution in [3.63, 3.8) is 0 Å². The zero-order valence-corrected chi connectivity index (χ0v) is 16.9. The van der Waals surface area contributed by atoms with Crippen molar-refractivity contribution >= 4 is 15.6 Å². The molecule has 23 heteroatoms. The van der Waals surface area contributed by atoms with Gasteiger partial charge in [0.05, 0.1) is 0 Å². The molecule has 0 spiro atoms. The van der Waals surface area contributed by atoms with Crippen LogP contribution >= 0.6 is 15.6 Å². The van der Waals surface area contributed by atoms with Gasteiger partial charge in [-0.15, -0.1) is 0 Å². The van der Waals surface area contributed by atoms with Crippen molar-refractivity contribution in [2.24, 2.45) is 0 Å². The second kappa shape index (κ2) is 13.0. The molecular weight excluding hydrogens is 569 g/mol. The maximum absolute atomic E-state index is 11.4. The summed E-state index contributed by atoms with van der Waals surface area (Å²) in [5.74, 6) is 0. The standard InChI is InChI=1S/2C4H5F6O4P.Mn/c2*5-3(6,7)1-13-15(11,12)14-2-4(8,9)10;/h2*1-2H2,(H,11,12);/q;;+2/p-2. The number of alkyl halides is 12. The number of phosphoric acid groups is 2. The van der Waals surface area contributed by atoms with E-state index in [0.717, 1.165) is 0 Å². The van der Waals surface area contributed by atoms with E-state index in [0.29, 0.717) is 0 Å². The SMILES string of the molecule is O=P([O-])(OCC(F)(F)F)OCC(F)(F)F.O=P([O-])(OCC(F)(F)F)OCC(F)(F)F.[Mn+2]. The average Bonchev–Trinajstić information content (AvgIpc) is 2.46. The first-order chi connectivity index (χ1) is 12.8. The third kappa shape index (κ3) is 29.9. The van der Waals surface area contributed by atoms with Crippen molar-refractivity contribution in [1.82, 2.24) is 0 Å². The van der Waals surface area contributed by atoms with Crippen LogP contribution in [0.2, 0.25) is 0 Å². The van der Waals surface area contributed by atoms with E-state index in [-0.39, 0.29) is 17.1 Å². The summed E-state index contributed by atoms with van der Waals surface area (Å²) >= 11 is 0. The normalized spacial score (nSPS) is 13.9. The second-order valence-corrected chi connectivity index (χ2v) is 7.27. The molecule has 0 unspecified atom stereocenters. The molecule has 8 nitrogen and oxygen atoms in total. The topological polar surface area (TPSA) is 117 Å². The quantitative estimate of drug-likeness (QED) is 0.246. The maximum atomic E-state index is 11.4. The number of phosphoric ester groups is 2. The van der Waals surface area contributed by atoms with Crippen molar-refractivity contribution in [3.05, 3.63) is 0 Å². The molecule has 0 aliphatic rings. The van der Waals surface area contributed by atoms with Crippen molar-refractivity contribution in [2.45, 2.75) is 24.7 Å². The maximum Gasteiger partial charge on any atom is 2.00 e. The molecule has 31 heavy (non-hydrogen) atoms. The molecule has 0 fully saturated rings. The van der Waals surface area contributed by atoms with E-state index in [1.807, 2.05) is 0 Å². The molecule has 0 rings (SSSR count). The van der Waals surface area contributed by atoms with Gasteiger partial charge in [-0.1, -0.05) is 0 Å². The van der Waals surface area contributed by atoms with Gasteiger partial charge in [0.15, 0.2) is 26.4 Å². The van der Waals surface area contributed by atoms with Crippen molar-refractivity contribution < 1.29 is 107 Å². The Hall–Kier alpha value is -0.101. The van der Waals surface area contributed by atoms with Crippen molar-refractivity contribution in [2.75, 3.05) is 26.4 Å². The first-order valence-corrected chi connectivity index (χ1v) is 9.22. The fraction of sp³-hybridized carbons (Fsp3) is 1.00. The number of hydrogen-bond acceptors (Lipinski definition) is 8. The van der Waals surface area contributed by atoms with Crippen LogP contribution in [0.15, 0.2) is 0 Å². The third-order valence-corrected chi connectivity index (χ3v) is 3.33. The van der Waals surface area contributed by atoms with Crippen molar-refractivity contribution in [3.8, 4) is 0 Å². The summed E-state index contributed by atoms with van der Waals surface area (Å²) in [5.41, 5.74) is 0. The monoisotopic (exact) mass is 577 g/mol. The van der Waals surface area contributed by atoms with Gasteiger partial charge < -0.3 is 27.9 Å². The third-order valence-electron chi connectivity index (χ3n) is 1.55. The molecule has 0 N–H and O–H groups in total. The average molecular weight is 577 g/mol. The van der Waals surface area contributed by atoms with Crippen LogP contribution in [-0.4, -0.2) is 51.1 Å². The summed E-state index contributed by atoms with van der Waals surface area (Å²) in [4.78, 5) is 20.6. The van der Waals surface area contributed by atoms with Gasteiger partial charge in [-0.3, -0.25) is 9.13 Å². The summed E-state index contributed by atoms with van der Waals surface area (Å²) in [7, 11) is -11.2. The van der Waals surface area contributed by atoms with Gasteiger partial charge in [-0.05, 0) is 0 Å². The molecule has 0 atom stereocenters. The molecule has 0 saturated carbocycles. The predicted octanol–water partition coefficient (Wildman–Crippen LogP) is 3.22. The largest absolute Gasteiger partial charge is 2.00 e. The second-order valence-electron chi connectivity index (χ2n) is 4.45. The summed E-state index contributed by atoms with van der Waals surface area (Å²) < 4.78 is 170. The zero-order chi connectivity index (χ0) is 24.7. The molecule has 0 heterocycles. The van der Waals surface area contributed by atoms with E-state index >= 15 is 0 Å². The Kier molecular flexibility index (Phi) is 14.8. The van der Waals surface area contributed by atoms with Crippen LogP contribution in [0.25, 0.3) is 0 Å². The van der Waals surface area contributed by atoms with Crippen LogP contribution in [0.5, 0.6) is 0 Å². The van der Waals surface area contributed by atoms with Crippen LogP contribution < -0.4 is 9.79 Å². The van der Waals surface area contributed by atoms with Crippen LogP contribution in [0.1, 0.15) is 0 Å². The van der Waals surface area contributed by atoms with E-state index in [1.165, 1.54) is 0 Å². The molecule has 1 radical (unpaired) electrons. The van der Waals surface area contributed by atoms with Crippen LogP contribution in [-0.2, 0) is 44.3 Å². The molecule has 0 aromatic rings. The Balaban J connectivity index is -0.000000490. The molecule has 0 aromatic carbocycles. The fourth-order valence-corrected chi connectivity index (χ4v) is 2.05. The molecule has 0 aliphatic heterocycles. The molecule has 0 amide bonds. The van der Waals surface area contributed by atoms with Gasteiger partial charge in [-0.2, -0.15) is 52.7 Å². The first kappa shape index (κ1) is 35.5. The van der Waals surface area contributed by atoms with Crippen LogP contribution in [0, 0.1) is 0 Å². The van der Waals surface area contributed by atoms with Gasteiger partial charge >= 0.3 is 41.8 Å². The van der Waals surface area contributed by atoms with Crippen LogP contribution in [0.4, 0.5) is 52.7 Å². The summed E-state index contributed by atoms with van der Waals surface area (Å²) in [6, 6.07) is 0. The molecule has 0 bridgehead atoms. The van der Waals surface area contributed by atoms with E-state index < -0.39 is 66.8 Å². The Bertz CT molecular complexity index is 507. The van der Waals surface area contributed by atoms with Gasteiger partial charge in [0.25, 0.3) is 15.6 Å². The minimum Gasteiger partial charge on any atom is -0.756 e. The van der Waals surface area contributed by atoms with E-state index in [2.05, 4.69) is 18.1 Å². The van der Waals surface area contributed by atoms with E-state index in [1.54, 1.807) is 0 Å². The molecule has 0 saturated heterocycles. The predicted molar refractivity (Wildman–Crippen MR) is 63.2 cm³/mol. The van der Waals surface area contributed by atoms with E-state index in [9.17, 15) is 71.6 Å². The smallest absolute Gasteiger partial charge is 0.756 e. The summed E-state index contributed by atoms with van der Waals surface area (Å²) in [6.07, 6.45) is -19.9. The fourth-order valence-electron chi connectivity index (χ4n) is 0.684. The summed E-state index contributed by atoms with van der Waals surface area (Å²) in [5, 5.41) is 0. The van der Waals surface area contributed by atoms with Crippen LogP contribution in [0.3, 0.4) is 0 Å². The van der Waals surface area contributed by atoms with Gasteiger partial charge in [0, 0.05) is 0 Å². The zero-order valence-electron chi connectivity index (χ0n) is 13.9. The Labute approximate surface area is 174 Å². The minimum atomic E-state index is -5.58. The number of halogens is 12. The number of rotatable bonds is 8. The Morgan fingerprint density at radius 1 is 0.484 bits per heavy atom.